The van der Waals surface area contributed by atoms with Crippen molar-refractivity contribution in [1.82, 2.24) is 5.32 Å². The molecule has 2 N–H and O–H groups in total. The lowest BCUT2D eigenvalue weighted by Gasteiger charge is -2.19. The van der Waals surface area contributed by atoms with E-state index in [9.17, 15) is 9.59 Å². The van der Waals surface area contributed by atoms with Gasteiger partial charge in [-0.2, -0.15) is 0 Å². The average Bonchev–Trinajstić information content (AvgIpc) is 2.22. The van der Waals surface area contributed by atoms with E-state index in [1.165, 1.54) is 0 Å². The summed E-state index contributed by atoms with van der Waals surface area (Å²) in [5.41, 5.74) is 2.29. The van der Waals surface area contributed by atoms with Crippen LogP contribution in [0.4, 0.5) is 10.5 Å². The van der Waals surface area contributed by atoms with Gasteiger partial charge in [0.1, 0.15) is 12.1 Å². The van der Waals surface area contributed by atoms with E-state index >= 15 is 0 Å². The number of rotatable bonds is 3. The molecule has 0 atom stereocenters. The number of hydrogen-bond donors (Lipinski definition) is 2. The first-order valence-electron chi connectivity index (χ1n) is 6.51. The van der Waals surface area contributed by atoms with Crippen molar-refractivity contribution in [1.29, 1.82) is 0 Å². The van der Waals surface area contributed by atoms with Crippen molar-refractivity contribution >= 4 is 17.7 Å². The maximum absolute atomic E-state index is 11.7. The van der Waals surface area contributed by atoms with Gasteiger partial charge in [-0.05, 0) is 57.9 Å². The molecule has 0 unspecified atom stereocenters. The number of nitrogens with one attached hydrogen (secondary N) is 2. The summed E-state index contributed by atoms with van der Waals surface area (Å²) in [6.07, 6.45) is -0.604. The quantitative estimate of drug-likeness (QED) is 0.893. The third-order valence-corrected chi connectivity index (χ3v) is 2.30. The van der Waals surface area contributed by atoms with Gasteiger partial charge in [0.2, 0.25) is 5.91 Å². The van der Waals surface area contributed by atoms with Gasteiger partial charge in [0.05, 0.1) is 0 Å². The molecule has 1 rings (SSSR count). The number of aryl methyl sites for hydroxylation is 2. The molecule has 0 saturated carbocycles. The van der Waals surface area contributed by atoms with E-state index in [0.29, 0.717) is 0 Å². The molecular formula is C15H22N2O3. The summed E-state index contributed by atoms with van der Waals surface area (Å²) >= 11 is 0. The van der Waals surface area contributed by atoms with Crippen LogP contribution in [-0.4, -0.2) is 24.1 Å². The average molecular weight is 278 g/mol. The minimum absolute atomic E-state index is 0.123. The molecule has 0 saturated heterocycles. The molecule has 0 aromatic heterocycles. The van der Waals surface area contributed by atoms with Crippen LogP contribution in [0.1, 0.15) is 31.9 Å². The Labute approximate surface area is 119 Å². The lowest BCUT2D eigenvalue weighted by Crippen LogP contribution is -2.37. The number of ether oxygens (including phenoxy) is 1. The minimum Gasteiger partial charge on any atom is -0.444 e. The molecule has 0 fully saturated rings. The SMILES string of the molecule is Cc1cc(C)cc(NC(=O)CNC(=O)OC(C)(C)C)c1. The van der Waals surface area contributed by atoms with Gasteiger partial charge in [-0.3, -0.25) is 4.79 Å². The summed E-state index contributed by atoms with van der Waals surface area (Å²) in [6, 6.07) is 5.77. The van der Waals surface area contributed by atoms with Crippen LogP contribution in [0.25, 0.3) is 0 Å². The highest BCUT2D eigenvalue weighted by atomic mass is 16.6. The summed E-state index contributed by atoms with van der Waals surface area (Å²) < 4.78 is 5.05. The van der Waals surface area contributed by atoms with E-state index < -0.39 is 11.7 Å². The number of anilines is 1. The highest BCUT2D eigenvalue weighted by Gasteiger charge is 2.16. The third kappa shape index (κ3) is 6.22. The zero-order chi connectivity index (χ0) is 15.3. The lowest BCUT2D eigenvalue weighted by molar-refractivity contribution is -0.115. The Hall–Kier alpha value is -2.04. The molecule has 20 heavy (non-hydrogen) atoms. The van der Waals surface area contributed by atoms with Crippen LogP contribution in [0.5, 0.6) is 0 Å². The van der Waals surface area contributed by atoms with E-state index in [0.717, 1.165) is 16.8 Å². The summed E-state index contributed by atoms with van der Waals surface area (Å²) in [4.78, 5) is 23.1. The number of carbonyl (C=O) groups excluding carboxylic acids is 2. The van der Waals surface area contributed by atoms with Gasteiger partial charge in [-0.15, -0.1) is 0 Å². The van der Waals surface area contributed by atoms with Crippen LogP contribution in [-0.2, 0) is 9.53 Å². The second-order valence-corrected chi connectivity index (χ2v) is 5.78. The van der Waals surface area contributed by atoms with Crippen molar-refractivity contribution in [3.8, 4) is 0 Å². The Morgan fingerprint density at radius 1 is 1.10 bits per heavy atom. The van der Waals surface area contributed by atoms with Crippen molar-refractivity contribution in [3.05, 3.63) is 29.3 Å². The maximum Gasteiger partial charge on any atom is 0.408 e. The molecule has 0 spiro atoms. The van der Waals surface area contributed by atoms with E-state index in [1.54, 1.807) is 20.8 Å². The normalized spacial score (nSPS) is 10.8. The molecule has 5 nitrogen and oxygen atoms in total. The molecule has 0 aliphatic rings. The van der Waals surface area contributed by atoms with Crippen LogP contribution < -0.4 is 10.6 Å². The highest BCUT2D eigenvalue weighted by molar-refractivity contribution is 5.94. The first kappa shape index (κ1) is 16.0. The number of benzene rings is 1. The second kappa shape index (κ2) is 6.41. The molecule has 5 heteroatoms. The molecule has 0 radical (unpaired) electrons. The predicted octanol–water partition coefficient (Wildman–Crippen LogP) is 2.77. The molecule has 0 heterocycles. The lowest BCUT2D eigenvalue weighted by atomic mass is 10.1. The van der Waals surface area contributed by atoms with Crippen molar-refractivity contribution < 1.29 is 14.3 Å². The molecule has 1 aromatic carbocycles. The van der Waals surface area contributed by atoms with Gasteiger partial charge < -0.3 is 15.4 Å². The van der Waals surface area contributed by atoms with Crippen molar-refractivity contribution in [2.24, 2.45) is 0 Å². The van der Waals surface area contributed by atoms with Crippen LogP contribution in [0.3, 0.4) is 0 Å². The molecular weight excluding hydrogens is 256 g/mol. The minimum atomic E-state index is -0.604. The van der Waals surface area contributed by atoms with E-state index in [1.807, 2.05) is 32.0 Å². The third-order valence-electron chi connectivity index (χ3n) is 2.30. The molecule has 0 aliphatic carbocycles. The Morgan fingerprint density at radius 3 is 2.15 bits per heavy atom. The Kier molecular flexibility index (Phi) is 5.13. The van der Waals surface area contributed by atoms with E-state index in [4.69, 9.17) is 4.74 Å². The number of alkyl carbamates (subject to hydrolysis) is 1. The van der Waals surface area contributed by atoms with Crippen LogP contribution in [0.15, 0.2) is 18.2 Å². The molecule has 2 amide bonds. The van der Waals surface area contributed by atoms with Gasteiger partial charge in [-0.1, -0.05) is 6.07 Å². The topological polar surface area (TPSA) is 67.4 Å². The van der Waals surface area contributed by atoms with Gasteiger partial charge in [-0.25, -0.2) is 4.79 Å². The standard InChI is InChI=1S/C15H22N2O3/c1-10-6-11(2)8-12(7-10)17-13(18)9-16-14(19)20-15(3,4)5/h6-8H,9H2,1-5H3,(H,16,19)(H,17,18). The smallest absolute Gasteiger partial charge is 0.408 e. The number of amides is 2. The summed E-state index contributed by atoms with van der Waals surface area (Å²) in [5.74, 6) is -0.291. The monoisotopic (exact) mass is 278 g/mol. The van der Waals surface area contributed by atoms with Crippen molar-refractivity contribution in [2.75, 3.05) is 11.9 Å². The van der Waals surface area contributed by atoms with E-state index in [-0.39, 0.29) is 12.5 Å². The number of hydrogen-bond acceptors (Lipinski definition) is 3. The first-order valence-corrected chi connectivity index (χ1v) is 6.51. The zero-order valence-corrected chi connectivity index (χ0v) is 12.7. The van der Waals surface area contributed by atoms with Crippen molar-refractivity contribution in [3.63, 3.8) is 0 Å². The second-order valence-electron chi connectivity index (χ2n) is 5.78. The first-order chi connectivity index (χ1) is 9.15. The fourth-order valence-corrected chi connectivity index (χ4v) is 1.72. The maximum atomic E-state index is 11.7. The van der Waals surface area contributed by atoms with Gasteiger partial charge in [0.25, 0.3) is 0 Å². The fourth-order valence-electron chi connectivity index (χ4n) is 1.72. The van der Waals surface area contributed by atoms with Crippen molar-refractivity contribution in [2.45, 2.75) is 40.2 Å². The number of carbonyl (C=O) groups is 2. The van der Waals surface area contributed by atoms with Gasteiger partial charge in [0.15, 0.2) is 0 Å². The Balaban J connectivity index is 2.46. The molecule has 0 aliphatic heterocycles. The summed E-state index contributed by atoms with van der Waals surface area (Å²) in [5, 5.41) is 5.15. The van der Waals surface area contributed by atoms with Gasteiger partial charge >= 0.3 is 6.09 Å². The molecule has 110 valence electrons. The summed E-state index contributed by atoms with van der Waals surface area (Å²) in [7, 11) is 0. The summed E-state index contributed by atoms with van der Waals surface area (Å²) in [6.45, 7) is 9.09. The van der Waals surface area contributed by atoms with Crippen LogP contribution >= 0.6 is 0 Å². The largest absolute Gasteiger partial charge is 0.444 e. The Morgan fingerprint density at radius 2 is 1.65 bits per heavy atom. The zero-order valence-electron chi connectivity index (χ0n) is 12.7. The van der Waals surface area contributed by atoms with E-state index in [2.05, 4.69) is 10.6 Å². The van der Waals surface area contributed by atoms with Crippen LogP contribution in [0, 0.1) is 13.8 Å². The fraction of sp³-hybridized carbons (Fsp3) is 0.467. The van der Waals surface area contributed by atoms with Gasteiger partial charge in [0, 0.05) is 5.69 Å². The predicted molar refractivity (Wildman–Crippen MR) is 78.8 cm³/mol. The van der Waals surface area contributed by atoms with Crippen LogP contribution in [0.2, 0.25) is 0 Å². The molecule has 0 bridgehead atoms. The highest BCUT2D eigenvalue weighted by Crippen LogP contribution is 2.13. The molecule has 1 aromatic rings. The Bertz CT molecular complexity index is 484.